The third-order valence-corrected chi connectivity index (χ3v) is 3.88. The zero-order valence-electron chi connectivity index (χ0n) is 11.0. The Kier molecular flexibility index (Phi) is 3.95. The molecule has 2 N–H and O–H groups in total. The van der Waals surface area contributed by atoms with Crippen LogP contribution in [0.1, 0.15) is 10.4 Å². The molecule has 0 bridgehead atoms. The van der Waals surface area contributed by atoms with Gasteiger partial charge in [0, 0.05) is 23.6 Å². The van der Waals surface area contributed by atoms with Crippen LogP contribution in [0.3, 0.4) is 0 Å². The number of benzene rings is 2. The predicted molar refractivity (Wildman–Crippen MR) is 75.6 cm³/mol. The number of amides is 1. The second-order valence-electron chi connectivity index (χ2n) is 4.42. The molecule has 0 radical (unpaired) electrons. The van der Waals surface area contributed by atoms with E-state index < -0.39 is 27.3 Å². The Hall–Kier alpha value is -2.41. The fraction of sp³-hybridized carbons (Fsp3) is 0.0714. The van der Waals surface area contributed by atoms with Crippen LogP contribution < -0.4 is 5.32 Å². The van der Waals surface area contributed by atoms with Gasteiger partial charge in [-0.05, 0) is 36.4 Å². The molecule has 1 amide bonds. The molecule has 0 heterocycles. The fourth-order valence-corrected chi connectivity index (χ4v) is 2.27. The Bertz CT molecular complexity index is 785. The van der Waals surface area contributed by atoms with E-state index in [-0.39, 0.29) is 16.1 Å². The first-order valence-electron chi connectivity index (χ1n) is 5.87. The van der Waals surface area contributed by atoms with E-state index in [4.69, 9.17) is 5.11 Å². The summed E-state index contributed by atoms with van der Waals surface area (Å²) in [5.41, 5.74) is 0.415. The van der Waals surface area contributed by atoms with E-state index in [0.717, 1.165) is 18.4 Å². The Morgan fingerprint density at radius 2 is 1.76 bits per heavy atom. The second kappa shape index (κ2) is 5.53. The van der Waals surface area contributed by atoms with Gasteiger partial charge in [0.05, 0.1) is 4.90 Å². The molecule has 0 aliphatic heterocycles. The Morgan fingerprint density at radius 1 is 1.14 bits per heavy atom. The highest BCUT2D eigenvalue weighted by Crippen LogP contribution is 2.20. The number of carbonyl (C=O) groups excluding carboxylic acids is 1. The highest BCUT2D eigenvalue weighted by Gasteiger charge is 2.11. The lowest BCUT2D eigenvalue weighted by molar-refractivity contribution is 0.102. The van der Waals surface area contributed by atoms with Crippen molar-refractivity contribution in [2.45, 2.75) is 4.90 Å². The largest absolute Gasteiger partial charge is 0.505 e. The first kappa shape index (κ1) is 15.0. The maximum absolute atomic E-state index is 13.1. The lowest BCUT2D eigenvalue weighted by Gasteiger charge is -2.06. The Morgan fingerprint density at radius 3 is 2.29 bits per heavy atom. The Balaban J connectivity index is 2.18. The highest BCUT2D eigenvalue weighted by atomic mass is 32.2. The topological polar surface area (TPSA) is 83.5 Å². The van der Waals surface area contributed by atoms with Gasteiger partial charge in [0.1, 0.15) is 0 Å². The summed E-state index contributed by atoms with van der Waals surface area (Å²) in [5, 5.41) is 11.5. The van der Waals surface area contributed by atoms with Gasteiger partial charge in [0.2, 0.25) is 0 Å². The summed E-state index contributed by atoms with van der Waals surface area (Å²) in [6, 6.07) is 8.82. The molecular weight excluding hydrogens is 297 g/mol. The average Bonchev–Trinajstić information content (AvgIpc) is 2.42. The van der Waals surface area contributed by atoms with Crippen LogP contribution in [-0.4, -0.2) is 25.7 Å². The van der Waals surface area contributed by atoms with Crippen molar-refractivity contribution in [1.82, 2.24) is 0 Å². The number of nitrogens with one attached hydrogen (secondary N) is 1. The van der Waals surface area contributed by atoms with Crippen LogP contribution in [0.5, 0.6) is 5.75 Å². The molecule has 2 rings (SSSR count). The first-order chi connectivity index (χ1) is 9.77. The van der Waals surface area contributed by atoms with E-state index in [1.165, 1.54) is 30.3 Å². The van der Waals surface area contributed by atoms with Gasteiger partial charge in [0.15, 0.2) is 21.4 Å². The van der Waals surface area contributed by atoms with Crippen LogP contribution in [0, 0.1) is 5.82 Å². The summed E-state index contributed by atoms with van der Waals surface area (Å²) in [6.07, 6.45) is 1.07. The maximum Gasteiger partial charge on any atom is 0.255 e. The van der Waals surface area contributed by atoms with Crippen LogP contribution in [0.2, 0.25) is 0 Å². The molecule has 0 aliphatic rings. The predicted octanol–water partition coefficient (Wildman–Crippen LogP) is 2.19. The third-order valence-electron chi connectivity index (χ3n) is 2.75. The molecule has 110 valence electrons. The number of rotatable bonds is 3. The van der Waals surface area contributed by atoms with Crippen molar-refractivity contribution in [2.24, 2.45) is 0 Å². The third kappa shape index (κ3) is 3.57. The summed E-state index contributed by atoms with van der Waals surface area (Å²) in [7, 11) is -3.32. The molecule has 0 atom stereocenters. The number of anilines is 1. The van der Waals surface area contributed by atoms with E-state index in [0.29, 0.717) is 0 Å². The van der Waals surface area contributed by atoms with Crippen molar-refractivity contribution >= 4 is 21.4 Å². The quantitative estimate of drug-likeness (QED) is 0.851. The minimum atomic E-state index is -3.32. The molecule has 0 aromatic heterocycles. The summed E-state index contributed by atoms with van der Waals surface area (Å²) in [4.78, 5) is 12.0. The monoisotopic (exact) mass is 309 g/mol. The molecule has 7 heteroatoms. The first-order valence-corrected chi connectivity index (χ1v) is 7.76. The maximum atomic E-state index is 13.1. The standard InChI is InChI=1S/C14H12FNO4S/c1-21(19,20)11-5-2-9(3-6-11)14(18)16-10-4-7-13(17)12(15)8-10/h2-8,17H,1H3,(H,16,18). The normalized spacial score (nSPS) is 11.1. The van der Waals surface area contributed by atoms with Gasteiger partial charge in [-0.15, -0.1) is 0 Å². The number of carbonyl (C=O) groups is 1. The summed E-state index contributed by atoms with van der Waals surface area (Å²) >= 11 is 0. The summed E-state index contributed by atoms with van der Waals surface area (Å²) in [5.74, 6) is -1.87. The molecule has 21 heavy (non-hydrogen) atoms. The number of hydrogen-bond acceptors (Lipinski definition) is 4. The van der Waals surface area contributed by atoms with Gasteiger partial charge >= 0.3 is 0 Å². The van der Waals surface area contributed by atoms with Gasteiger partial charge in [-0.1, -0.05) is 0 Å². The van der Waals surface area contributed by atoms with E-state index in [2.05, 4.69) is 5.32 Å². The lowest BCUT2D eigenvalue weighted by atomic mass is 10.2. The minimum absolute atomic E-state index is 0.106. The number of halogens is 1. The number of phenols is 1. The number of aromatic hydroxyl groups is 1. The molecule has 2 aromatic rings. The van der Waals surface area contributed by atoms with E-state index in [1.807, 2.05) is 0 Å². The molecule has 5 nitrogen and oxygen atoms in total. The van der Waals surface area contributed by atoms with Crippen LogP contribution in [0.15, 0.2) is 47.4 Å². The van der Waals surface area contributed by atoms with Gasteiger partial charge < -0.3 is 10.4 Å². The van der Waals surface area contributed by atoms with Gasteiger partial charge in [-0.2, -0.15) is 0 Å². The zero-order chi connectivity index (χ0) is 15.6. The number of phenolic OH excluding ortho intramolecular Hbond substituents is 1. The SMILES string of the molecule is CS(=O)(=O)c1ccc(C(=O)Nc2ccc(O)c(F)c2)cc1. The Labute approximate surface area is 121 Å². The molecule has 0 fully saturated rings. The van der Waals surface area contributed by atoms with Crippen molar-refractivity contribution in [3.63, 3.8) is 0 Å². The van der Waals surface area contributed by atoms with E-state index in [1.54, 1.807) is 0 Å². The summed E-state index contributed by atoms with van der Waals surface area (Å²) < 4.78 is 35.8. The van der Waals surface area contributed by atoms with Gasteiger partial charge in [-0.25, -0.2) is 12.8 Å². The molecule has 0 aliphatic carbocycles. The van der Waals surface area contributed by atoms with E-state index in [9.17, 15) is 17.6 Å². The molecule has 0 unspecified atom stereocenters. The average molecular weight is 309 g/mol. The molecule has 2 aromatic carbocycles. The molecule has 0 saturated heterocycles. The molecular formula is C14H12FNO4S. The van der Waals surface area contributed by atoms with Crippen LogP contribution in [-0.2, 0) is 9.84 Å². The smallest absolute Gasteiger partial charge is 0.255 e. The fourth-order valence-electron chi connectivity index (χ4n) is 1.64. The summed E-state index contributed by atoms with van der Waals surface area (Å²) in [6.45, 7) is 0. The van der Waals surface area contributed by atoms with Gasteiger partial charge in [0.25, 0.3) is 5.91 Å². The second-order valence-corrected chi connectivity index (χ2v) is 6.43. The lowest BCUT2D eigenvalue weighted by Crippen LogP contribution is -2.12. The zero-order valence-corrected chi connectivity index (χ0v) is 11.8. The van der Waals surface area contributed by atoms with Crippen LogP contribution >= 0.6 is 0 Å². The van der Waals surface area contributed by atoms with Gasteiger partial charge in [-0.3, -0.25) is 4.79 Å². The number of hydrogen-bond donors (Lipinski definition) is 2. The highest BCUT2D eigenvalue weighted by molar-refractivity contribution is 7.90. The van der Waals surface area contributed by atoms with Crippen molar-refractivity contribution < 1.29 is 22.7 Å². The van der Waals surface area contributed by atoms with E-state index >= 15 is 0 Å². The van der Waals surface area contributed by atoms with Crippen molar-refractivity contribution in [2.75, 3.05) is 11.6 Å². The minimum Gasteiger partial charge on any atom is -0.505 e. The molecule has 0 spiro atoms. The van der Waals surface area contributed by atoms with Crippen LogP contribution in [0.4, 0.5) is 10.1 Å². The number of sulfone groups is 1. The van der Waals surface area contributed by atoms with Crippen LogP contribution in [0.25, 0.3) is 0 Å². The van der Waals surface area contributed by atoms with Crippen molar-refractivity contribution in [3.05, 3.63) is 53.8 Å². The van der Waals surface area contributed by atoms with Crippen molar-refractivity contribution in [3.8, 4) is 5.75 Å². The van der Waals surface area contributed by atoms with Crippen molar-refractivity contribution in [1.29, 1.82) is 0 Å². The molecule has 0 saturated carbocycles.